The molecule has 0 saturated carbocycles. The van der Waals surface area contributed by atoms with Crippen molar-refractivity contribution in [1.29, 1.82) is 0 Å². The third-order valence-corrected chi connectivity index (χ3v) is 5.47. The Morgan fingerprint density at radius 3 is 2.58 bits per heavy atom. The first-order valence-corrected chi connectivity index (χ1v) is 9.48. The topological polar surface area (TPSA) is 96.0 Å². The Kier molecular flexibility index (Phi) is 5.55. The van der Waals surface area contributed by atoms with Gasteiger partial charge in [0.15, 0.2) is 6.10 Å². The van der Waals surface area contributed by atoms with E-state index in [-0.39, 0.29) is 18.4 Å². The van der Waals surface area contributed by atoms with Crippen molar-refractivity contribution in [3.63, 3.8) is 0 Å². The Morgan fingerprint density at radius 2 is 2.00 bits per heavy atom. The molecular weight excluding hydrogens is 358 g/mol. The summed E-state index contributed by atoms with van der Waals surface area (Å²) in [5, 5.41) is 4.40. The zero-order chi connectivity index (χ0) is 18.7. The van der Waals surface area contributed by atoms with Crippen LogP contribution in [0.15, 0.2) is 17.5 Å². The fourth-order valence-electron chi connectivity index (χ4n) is 3.10. The second-order valence-electron chi connectivity index (χ2n) is 6.34. The molecule has 0 aromatic carbocycles. The van der Waals surface area contributed by atoms with Gasteiger partial charge < -0.3 is 15.0 Å². The van der Waals surface area contributed by atoms with Gasteiger partial charge in [0.2, 0.25) is 0 Å². The third-order valence-electron chi connectivity index (χ3n) is 4.61. The van der Waals surface area contributed by atoms with Crippen molar-refractivity contribution < 1.29 is 23.9 Å². The van der Waals surface area contributed by atoms with Gasteiger partial charge in [0.25, 0.3) is 11.8 Å². The van der Waals surface area contributed by atoms with E-state index in [4.69, 9.17) is 4.74 Å². The summed E-state index contributed by atoms with van der Waals surface area (Å²) in [6, 6.07) is 3.16. The van der Waals surface area contributed by atoms with Crippen LogP contribution in [-0.4, -0.2) is 65.9 Å². The number of piperidine rings is 1. The Bertz CT molecular complexity index is 697. The van der Waals surface area contributed by atoms with Gasteiger partial charge in [0.1, 0.15) is 0 Å². The minimum Gasteiger partial charge on any atom is -0.452 e. The molecule has 3 heterocycles. The van der Waals surface area contributed by atoms with Crippen LogP contribution < -0.4 is 5.32 Å². The Labute approximate surface area is 155 Å². The van der Waals surface area contributed by atoms with Gasteiger partial charge in [-0.25, -0.2) is 4.79 Å². The first-order chi connectivity index (χ1) is 12.5. The van der Waals surface area contributed by atoms with E-state index in [1.54, 1.807) is 11.0 Å². The fourth-order valence-corrected chi connectivity index (χ4v) is 3.79. The number of rotatable bonds is 4. The van der Waals surface area contributed by atoms with E-state index in [1.807, 2.05) is 11.4 Å². The molecule has 0 spiro atoms. The normalized spacial score (nSPS) is 19.2. The first kappa shape index (κ1) is 18.4. The summed E-state index contributed by atoms with van der Waals surface area (Å²) in [5.41, 5.74) is 0. The molecule has 2 fully saturated rings. The molecule has 8 nitrogen and oxygen atoms in total. The number of hydrogen-bond acceptors (Lipinski definition) is 6. The van der Waals surface area contributed by atoms with E-state index in [0.717, 1.165) is 4.90 Å². The van der Waals surface area contributed by atoms with E-state index < -0.39 is 24.0 Å². The Balaban J connectivity index is 1.48. The second kappa shape index (κ2) is 7.86. The highest BCUT2D eigenvalue weighted by Crippen LogP contribution is 2.22. The minimum absolute atomic E-state index is 0.0181. The molecule has 0 aliphatic carbocycles. The van der Waals surface area contributed by atoms with Crippen LogP contribution in [0.1, 0.15) is 29.4 Å². The third kappa shape index (κ3) is 3.87. The summed E-state index contributed by atoms with van der Waals surface area (Å²) < 4.78 is 5.27. The molecule has 4 amide bonds. The van der Waals surface area contributed by atoms with E-state index in [9.17, 15) is 19.2 Å². The van der Waals surface area contributed by atoms with Crippen molar-refractivity contribution in [2.75, 3.05) is 26.2 Å². The lowest BCUT2D eigenvalue weighted by Crippen LogP contribution is -2.44. The highest BCUT2D eigenvalue weighted by Gasteiger charge is 2.34. The second-order valence-corrected chi connectivity index (χ2v) is 7.29. The van der Waals surface area contributed by atoms with Crippen LogP contribution in [0.4, 0.5) is 4.79 Å². The molecule has 1 atom stereocenters. The van der Waals surface area contributed by atoms with Crippen molar-refractivity contribution in [1.82, 2.24) is 15.1 Å². The largest absolute Gasteiger partial charge is 0.452 e. The van der Waals surface area contributed by atoms with Gasteiger partial charge in [-0.2, -0.15) is 0 Å². The first-order valence-electron chi connectivity index (χ1n) is 8.60. The summed E-state index contributed by atoms with van der Waals surface area (Å²) in [6.45, 7) is 3.12. The maximum atomic E-state index is 12.3. The molecule has 2 aliphatic rings. The van der Waals surface area contributed by atoms with E-state index in [1.165, 1.54) is 18.3 Å². The molecule has 9 heteroatoms. The summed E-state index contributed by atoms with van der Waals surface area (Å²) in [7, 11) is 0. The molecular formula is C17H21N3O5S. The molecule has 2 saturated heterocycles. The van der Waals surface area contributed by atoms with Gasteiger partial charge in [-0.1, -0.05) is 6.07 Å². The zero-order valence-corrected chi connectivity index (χ0v) is 15.3. The number of imide groups is 1. The molecule has 26 heavy (non-hydrogen) atoms. The molecule has 1 N–H and O–H groups in total. The van der Waals surface area contributed by atoms with Gasteiger partial charge in [-0.15, -0.1) is 11.3 Å². The molecule has 3 rings (SSSR count). The number of ether oxygens (including phenoxy) is 1. The van der Waals surface area contributed by atoms with Gasteiger partial charge in [0.05, 0.1) is 10.8 Å². The lowest BCUT2D eigenvalue weighted by Gasteiger charge is -2.31. The van der Waals surface area contributed by atoms with Crippen LogP contribution in [0.5, 0.6) is 0 Å². The monoisotopic (exact) mass is 379 g/mol. The number of amides is 4. The smallest absolute Gasteiger partial charge is 0.324 e. The van der Waals surface area contributed by atoms with E-state index >= 15 is 0 Å². The maximum absolute atomic E-state index is 12.3. The van der Waals surface area contributed by atoms with Crippen molar-refractivity contribution in [3.05, 3.63) is 22.4 Å². The van der Waals surface area contributed by atoms with Gasteiger partial charge in [-0.05, 0) is 31.2 Å². The van der Waals surface area contributed by atoms with E-state index in [2.05, 4.69) is 5.32 Å². The average molecular weight is 379 g/mol. The predicted molar refractivity (Wildman–Crippen MR) is 93.6 cm³/mol. The molecule has 0 bridgehead atoms. The number of likely N-dealkylation sites (tertiary alicyclic amines) is 1. The van der Waals surface area contributed by atoms with Crippen molar-refractivity contribution >= 4 is 35.2 Å². The van der Waals surface area contributed by atoms with Gasteiger partial charge in [0, 0.05) is 26.2 Å². The fraction of sp³-hybridized carbons (Fsp3) is 0.529. The maximum Gasteiger partial charge on any atom is 0.324 e. The Hall–Kier alpha value is -2.42. The molecule has 2 aliphatic heterocycles. The summed E-state index contributed by atoms with van der Waals surface area (Å²) in [6.07, 6.45) is -0.000555. The number of urea groups is 1. The van der Waals surface area contributed by atoms with E-state index in [0.29, 0.717) is 37.4 Å². The number of esters is 1. The van der Waals surface area contributed by atoms with Crippen LogP contribution in [0, 0.1) is 5.92 Å². The number of nitrogens with zero attached hydrogens (tertiary/aromatic N) is 2. The van der Waals surface area contributed by atoms with Crippen LogP contribution >= 0.6 is 11.3 Å². The number of hydrogen-bond donors (Lipinski definition) is 1. The molecule has 1 aromatic heterocycles. The lowest BCUT2D eigenvalue weighted by atomic mass is 9.97. The minimum atomic E-state index is -1.00. The van der Waals surface area contributed by atoms with Crippen molar-refractivity contribution in [3.8, 4) is 0 Å². The van der Waals surface area contributed by atoms with Crippen LogP contribution in [0.3, 0.4) is 0 Å². The summed E-state index contributed by atoms with van der Waals surface area (Å²) >= 11 is 1.40. The van der Waals surface area contributed by atoms with Crippen molar-refractivity contribution in [2.45, 2.75) is 25.9 Å². The Morgan fingerprint density at radius 1 is 1.27 bits per heavy atom. The summed E-state index contributed by atoms with van der Waals surface area (Å²) in [5.74, 6) is -1.33. The molecule has 1 aromatic rings. The number of thiophene rings is 1. The average Bonchev–Trinajstić information content (AvgIpc) is 3.32. The quantitative estimate of drug-likeness (QED) is 0.790. The number of carbonyl (C=O) groups excluding carboxylic acids is 4. The predicted octanol–water partition coefficient (Wildman–Crippen LogP) is 1.08. The van der Waals surface area contributed by atoms with Gasteiger partial charge in [-0.3, -0.25) is 19.3 Å². The van der Waals surface area contributed by atoms with Gasteiger partial charge >= 0.3 is 12.0 Å². The number of nitrogens with one attached hydrogen (secondary N) is 1. The molecule has 140 valence electrons. The standard InChI is InChI=1S/C17H21N3O5S/c1-11(14(21)20-9-6-18-17(20)24)25-16(23)12-4-7-19(8-5-12)15(22)13-3-2-10-26-13/h2-3,10-12H,4-9H2,1H3,(H,18,24). The summed E-state index contributed by atoms with van der Waals surface area (Å²) in [4.78, 5) is 51.8. The highest BCUT2D eigenvalue weighted by molar-refractivity contribution is 7.12. The lowest BCUT2D eigenvalue weighted by molar-refractivity contribution is -0.162. The molecule has 0 radical (unpaired) electrons. The SMILES string of the molecule is CC(OC(=O)C1CCN(C(=O)c2cccs2)CC1)C(=O)N1CCNC1=O. The van der Waals surface area contributed by atoms with Crippen LogP contribution in [0.2, 0.25) is 0 Å². The van der Waals surface area contributed by atoms with Crippen molar-refractivity contribution in [2.24, 2.45) is 5.92 Å². The van der Waals surface area contributed by atoms with Crippen LogP contribution in [-0.2, 0) is 14.3 Å². The molecule has 1 unspecified atom stereocenters. The van der Waals surface area contributed by atoms with Crippen LogP contribution in [0.25, 0.3) is 0 Å². The zero-order valence-electron chi connectivity index (χ0n) is 14.5. The number of carbonyl (C=O) groups is 4. The highest BCUT2D eigenvalue weighted by atomic mass is 32.1.